The lowest BCUT2D eigenvalue weighted by molar-refractivity contribution is -0.118. The topological polar surface area (TPSA) is 55.1 Å². The van der Waals surface area contributed by atoms with Crippen molar-refractivity contribution >= 4 is 40.6 Å². The zero-order valence-corrected chi connectivity index (χ0v) is 15.1. The van der Waals surface area contributed by atoms with Crippen LogP contribution in [-0.4, -0.2) is 16.6 Å². The summed E-state index contributed by atoms with van der Waals surface area (Å²) in [5.74, 6) is 1.87. The van der Waals surface area contributed by atoms with E-state index >= 15 is 0 Å². The lowest BCUT2D eigenvalue weighted by Gasteiger charge is -2.05. The van der Waals surface area contributed by atoms with E-state index in [9.17, 15) is 4.79 Å². The lowest BCUT2D eigenvalue weighted by Crippen LogP contribution is -2.24. The molecule has 0 spiro atoms. The third-order valence-electron chi connectivity index (χ3n) is 3.15. The number of rotatable bonds is 7. The van der Waals surface area contributed by atoms with Gasteiger partial charge in [-0.2, -0.15) is 0 Å². The molecule has 0 radical (unpaired) electrons. The normalized spacial score (nSPS) is 10.7. The summed E-state index contributed by atoms with van der Waals surface area (Å²) in [5, 5.41) is 6.42. The van der Waals surface area contributed by atoms with Crippen molar-refractivity contribution in [3.63, 3.8) is 0 Å². The van der Waals surface area contributed by atoms with Gasteiger partial charge in [-0.15, -0.1) is 23.1 Å². The van der Waals surface area contributed by atoms with Crippen LogP contribution in [0.25, 0.3) is 10.8 Å². The molecule has 0 aliphatic rings. The Morgan fingerprint density at radius 2 is 2.25 bits per heavy atom. The summed E-state index contributed by atoms with van der Waals surface area (Å²) in [5.41, 5.74) is 1.95. The number of thiazole rings is 1. The summed E-state index contributed by atoms with van der Waals surface area (Å²) < 4.78 is 5.33. The van der Waals surface area contributed by atoms with Crippen molar-refractivity contribution in [2.45, 2.75) is 12.3 Å². The van der Waals surface area contributed by atoms with Gasteiger partial charge in [-0.05, 0) is 29.8 Å². The fraction of sp³-hybridized carbons (Fsp3) is 0.176. The van der Waals surface area contributed by atoms with Crippen molar-refractivity contribution < 1.29 is 9.21 Å². The number of aromatic nitrogens is 1. The molecule has 3 aromatic rings. The number of hydrogen-bond acceptors (Lipinski definition) is 5. The monoisotopic (exact) mass is 378 g/mol. The number of carbonyl (C=O) groups excluding carboxylic acids is 1. The molecule has 7 heteroatoms. The number of benzene rings is 1. The molecule has 0 aliphatic heterocycles. The molecule has 1 amide bonds. The summed E-state index contributed by atoms with van der Waals surface area (Å²) in [6.45, 7) is 0.485. The van der Waals surface area contributed by atoms with Gasteiger partial charge in [0.1, 0.15) is 0 Å². The van der Waals surface area contributed by atoms with Gasteiger partial charge in [0.2, 0.25) is 5.91 Å². The first-order valence-electron chi connectivity index (χ1n) is 7.28. The predicted molar refractivity (Wildman–Crippen MR) is 99.3 cm³/mol. The molecular weight excluding hydrogens is 364 g/mol. The largest absolute Gasteiger partial charge is 0.462 e. The molecule has 0 aliphatic carbocycles. The lowest BCUT2D eigenvalue weighted by atomic mass is 10.2. The van der Waals surface area contributed by atoms with E-state index in [1.54, 1.807) is 17.6 Å². The van der Waals surface area contributed by atoms with Gasteiger partial charge in [-0.1, -0.05) is 23.7 Å². The molecule has 0 saturated carbocycles. The molecule has 0 atom stereocenters. The van der Waals surface area contributed by atoms with E-state index in [1.165, 1.54) is 11.8 Å². The maximum absolute atomic E-state index is 11.9. The number of furan rings is 1. The Morgan fingerprint density at radius 1 is 1.33 bits per heavy atom. The number of nitrogens with zero attached hydrogens (tertiary/aromatic N) is 1. The molecule has 4 nitrogen and oxygen atoms in total. The molecule has 0 saturated heterocycles. The van der Waals surface area contributed by atoms with E-state index in [0.29, 0.717) is 23.1 Å². The number of hydrogen-bond donors (Lipinski definition) is 1. The highest BCUT2D eigenvalue weighted by Gasteiger charge is 2.08. The zero-order chi connectivity index (χ0) is 16.8. The second-order valence-electron chi connectivity index (χ2n) is 5.02. The third kappa shape index (κ3) is 4.87. The molecule has 0 unspecified atom stereocenters. The molecular formula is C17H15ClN2O2S2. The Balaban J connectivity index is 1.40. The molecule has 0 fully saturated rings. The smallest absolute Gasteiger partial charge is 0.230 e. The van der Waals surface area contributed by atoms with Crippen molar-refractivity contribution in [1.82, 2.24) is 10.3 Å². The number of nitrogens with one attached hydrogen (secondary N) is 1. The van der Waals surface area contributed by atoms with E-state index in [1.807, 2.05) is 41.8 Å². The van der Waals surface area contributed by atoms with E-state index in [2.05, 4.69) is 10.3 Å². The van der Waals surface area contributed by atoms with Gasteiger partial charge in [0.25, 0.3) is 0 Å². The first-order chi connectivity index (χ1) is 11.7. The average Bonchev–Trinajstić information content (AvgIpc) is 3.24. The Bertz CT molecular complexity index is 803. The minimum atomic E-state index is 0.00135. The predicted octanol–water partition coefficient (Wildman–Crippen LogP) is 4.61. The second kappa shape index (κ2) is 8.37. The van der Waals surface area contributed by atoms with Crippen molar-refractivity contribution in [3.8, 4) is 10.8 Å². The van der Waals surface area contributed by atoms with Crippen molar-refractivity contribution in [2.24, 2.45) is 0 Å². The third-order valence-corrected chi connectivity index (χ3v) is 5.25. The Labute approximate surface area is 153 Å². The molecule has 2 aromatic heterocycles. The second-order valence-corrected chi connectivity index (χ2v) is 7.30. The van der Waals surface area contributed by atoms with Crippen LogP contribution in [0.4, 0.5) is 0 Å². The highest BCUT2D eigenvalue weighted by molar-refractivity contribution is 7.99. The highest BCUT2D eigenvalue weighted by Crippen LogP contribution is 2.25. The molecule has 0 bridgehead atoms. The van der Waals surface area contributed by atoms with Gasteiger partial charge in [0.15, 0.2) is 10.8 Å². The molecule has 1 N–H and O–H groups in total. The standard InChI is InChI=1S/C17H15ClN2O2S2/c18-13-4-1-3-12(7-13)8-19-16(21)11-23-9-14-10-24-17(20-14)15-5-2-6-22-15/h1-7,10H,8-9,11H2,(H,19,21). The van der Waals surface area contributed by atoms with Gasteiger partial charge < -0.3 is 9.73 Å². The number of carbonyl (C=O) groups is 1. The van der Waals surface area contributed by atoms with Crippen LogP contribution < -0.4 is 5.32 Å². The summed E-state index contributed by atoms with van der Waals surface area (Å²) in [7, 11) is 0. The van der Waals surface area contributed by atoms with Crippen molar-refractivity contribution in [2.75, 3.05) is 5.75 Å². The fourth-order valence-electron chi connectivity index (χ4n) is 2.03. The molecule has 2 heterocycles. The highest BCUT2D eigenvalue weighted by atomic mass is 35.5. The van der Waals surface area contributed by atoms with Crippen LogP contribution in [0.3, 0.4) is 0 Å². The first-order valence-corrected chi connectivity index (χ1v) is 9.69. The quantitative estimate of drug-likeness (QED) is 0.652. The average molecular weight is 379 g/mol. The Kier molecular flexibility index (Phi) is 5.96. The number of halogens is 1. The summed E-state index contributed by atoms with van der Waals surface area (Å²) >= 11 is 9.00. The maximum Gasteiger partial charge on any atom is 0.230 e. The van der Waals surface area contributed by atoms with E-state index in [-0.39, 0.29) is 5.91 Å². The summed E-state index contributed by atoms with van der Waals surface area (Å²) in [6.07, 6.45) is 1.63. The van der Waals surface area contributed by atoms with Gasteiger partial charge in [-0.3, -0.25) is 4.79 Å². The van der Waals surface area contributed by atoms with Crippen LogP contribution in [0.2, 0.25) is 5.02 Å². The van der Waals surface area contributed by atoms with Crippen molar-refractivity contribution in [1.29, 1.82) is 0 Å². The number of thioether (sulfide) groups is 1. The molecule has 24 heavy (non-hydrogen) atoms. The van der Waals surface area contributed by atoms with Crippen LogP contribution in [0.1, 0.15) is 11.3 Å². The minimum absolute atomic E-state index is 0.00135. The Hall–Kier alpha value is -1.76. The Morgan fingerprint density at radius 3 is 3.04 bits per heavy atom. The van der Waals surface area contributed by atoms with Gasteiger partial charge in [0.05, 0.1) is 17.7 Å². The SMILES string of the molecule is O=C(CSCc1csc(-c2ccco2)n1)NCc1cccc(Cl)c1. The van der Waals surface area contributed by atoms with Crippen molar-refractivity contribution in [3.05, 3.63) is 64.3 Å². The minimum Gasteiger partial charge on any atom is -0.462 e. The maximum atomic E-state index is 11.9. The molecule has 3 rings (SSSR count). The fourth-order valence-corrected chi connectivity index (χ4v) is 3.88. The van der Waals surface area contributed by atoms with Gasteiger partial charge in [0, 0.05) is 22.7 Å². The summed E-state index contributed by atoms with van der Waals surface area (Å²) in [4.78, 5) is 16.4. The van der Waals surface area contributed by atoms with Crippen LogP contribution in [0.5, 0.6) is 0 Å². The van der Waals surface area contributed by atoms with Crippen LogP contribution in [0, 0.1) is 0 Å². The number of amides is 1. The summed E-state index contributed by atoms with van der Waals surface area (Å²) in [6, 6.07) is 11.2. The van der Waals surface area contributed by atoms with Crippen LogP contribution in [0.15, 0.2) is 52.5 Å². The van der Waals surface area contributed by atoms with Gasteiger partial charge >= 0.3 is 0 Å². The zero-order valence-electron chi connectivity index (χ0n) is 12.7. The van der Waals surface area contributed by atoms with E-state index in [4.69, 9.17) is 16.0 Å². The van der Waals surface area contributed by atoms with Gasteiger partial charge in [-0.25, -0.2) is 4.98 Å². The molecule has 124 valence electrons. The molecule has 1 aromatic carbocycles. The van der Waals surface area contributed by atoms with Crippen LogP contribution >= 0.6 is 34.7 Å². The van der Waals surface area contributed by atoms with E-state index in [0.717, 1.165) is 22.0 Å². The first kappa shape index (κ1) is 17.1. The van der Waals surface area contributed by atoms with E-state index < -0.39 is 0 Å². The van der Waals surface area contributed by atoms with Crippen LogP contribution in [-0.2, 0) is 17.1 Å².